The van der Waals surface area contributed by atoms with Gasteiger partial charge in [-0.2, -0.15) is 5.10 Å². The van der Waals surface area contributed by atoms with Gasteiger partial charge in [0.15, 0.2) is 0 Å². The molecule has 2 saturated heterocycles. The van der Waals surface area contributed by atoms with Crippen molar-refractivity contribution in [2.24, 2.45) is 0 Å². The molecule has 0 saturated carbocycles. The van der Waals surface area contributed by atoms with Gasteiger partial charge < -0.3 is 15.5 Å². The van der Waals surface area contributed by atoms with Crippen LogP contribution in [0.4, 0.5) is 0 Å². The highest BCUT2D eigenvalue weighted by Gasteiger charge is 2.42. The van der Waals surface area contributed by atoms with Gasteiger partial charge in [0.25, 0.3) is 0 Å². The summed E-state index contributed by atoms with van der Waals surface area (Å²) < 4.78 is 1.86. The molecule has 2 N–H and O–H groups in total. The summed E-state index contributed by atoms with van der Waals surface area (Å²) in [7, 11) is 0. The number of amides is 1. The molecule has 122 valence electrons. The highest BCUT2D eigenvalue weighted by molar-refractivity contribution is 5.84. The number of nitrogens with zero attached hydrogens (tertiary/aromatic N) is 3. The molecule has 2 aliphatic rings. The van der Waals surface area contributed by atoms with E-state index in [4.69, 9.17) is 0 Å². The lowest BCUT2D eigenvalue weighted by molar-refractivity contribution is -0.133. The molecule has 22 heavy (non-hydrogen) atoms. The van der Waals surface area contributed by atoms with Gasteiger partial charge in [0, 0.05) is 25.0 Å². The third-order valence-electron chi connectivity index (χ3n) is 5.08. The Hall–Kier alpha value is -1.40. The zero-order valence-electron chi connectivity index (χ0n) is 13.4. The Morgan fingerprint density at radius 2 is 2.27 bits per heavy atom. The number of hydrogen-bond donors (Lipinski definition) is 2. The standard InChI is InChI=1S/C16H27N5O/c1-2-20-11-3-5-14(13-20)19-15(22)16(6-9-17-10-7-16)21-12-4-8-18-21/h4,8,12,14,17H,2-3,5-7,9-11,13H2,1H3,(H,19,22). The van der Waals surface area contributed by atoms with Crippen LogP contribution in [0.2, 0.25) is 0 Å². The maximum absolute atomic E-state index is 13.1. The largest absolute Gasteiger partial charge is 0.350 e. The minimum atomic E-state index is -0.525. The molecule has 1 amide bonds. The number of aromatic nitrogens is 2. The molecule has 6 nitrogen and oxygen atoms in total. The lowest BCUT2D eigenvalue weighted by Crippen LogP contribution is -2.58. The maximum Gasteiger partial charge on any atom is 0.248 e. The van der Waals surface area contributed by atoms with Gasteiger partial charge >= 0.3 is 0 Å². The molecular formula is C16H27N5O. The van der Waals surface area contributed by atoms with E-state index in [0.717, 1.165) is 58.4 Å². The van der Waals surface area contributed by atoms with Gasteiger partial charge in [-0.3, -0.25) is 9.48 Å². The van der Waals surface area contributed by atoms with E-state index < -0.39 is 5.54 Å². The van der Waals surface area contributed by atoms with Crippen molar-refractivity contribution in [1.82, 2.24) is 25.3 Å². The summed E-state index contributed by atoms with van der Waals surface area (Å²) in [6, 6.07) is 2.17. The van der Waals surface area contributed by atoms with E-state index in [-0.39, 0.29) is 11.9 Å². The summed E-state index contributed by atoms with van der Waals surface area (Å²) >= 11 is 0. The molecule has 1 aromatic heterocycles. The molecule has 0 radical (unpaired) electrons. The molecule has 3 heterocycles. The molecule has 3 rings (SSSR count). The number of hydrogen-bond acceptors (Lipinski definition) is 4. The number of likely N-dealkylation sites (N-methyl/N-ethyl adjacent to an activating group) is 1. The highest BCUT2D eigenvalue weighted by atomic mass is 16.2. The average molecular weight is 305 g/mol. The predicted molar refractivity (Wildman–Crippen MR) is 85.6 cm³/mol. The second kappa shape index (κ2) is 6.79. The molecule has 1 aromatic rings. The van der Waals surface area contributed by atoms with Crippen LogP contribution in [-0.4, -0.2) is 59.4 Å². The second-order valence-corrected chi connectivity index (χ2v) is 6.44. The van der Waals surface area contributed by atoms with Gasteiger partial charge in [-0.15, -0.1) is 0 Å². The van der Waals surface area contributed by atoms with Crippen molar-refractivity contribution in [3.63, 3.8) is 0 Å². The first-order valence-corrected chi connectivity index (χ1v) is 8.49. The van der Waals surface area contributed by atoms with Crippen molar-refractivity contribution in [3.8, 4) is 0 Å². The van der Waals surface area contributed by atoms with E-state index in [1.165, 1.54) is 0 Å². The van der Waals surface area contributed by atoms with Crippen LogP contribution >= 0.6 is 0 Å². The fourth-order valence-electron chi connectivity index (χ4n) is 3.70. The van der Waals surface area contributed by atoms with Gasteiger partial charge in [0.2, 0.25) is 5.91 Å². The van der Waals surface area contributed by atoms with Crippen LogP contribution in [0.25, 0.3) is 0 Å². The van der Waals surface area contributed by atoms with Crippen LogP contribution < -0.4 is 10.6 Å². The topological polar surface area (TPSA) is 62.2 Å². The van der Waals surface area contributed by atoms with E-state index in [1.807, 2.05) is 16.9 Å². The number of carbonyl (C=O) groups is 1. The Morgan fingerprint density at radius 1 is 1.45 bits per heavy atom. The lowest BCUT2D eigenvalue weighted by Gasteiger charge is -2.39. The Kier molecular flexibility index (Phi) is 4.78. The van der Waals surface area contributed by atoms with Crippen LogP contribution in [0.5, 0.6) is 0 Å². The summed E-state index contributed by atoms with van der Waals surface area (Å²) in [5.74, 6) is 0.139. The third kappa shape index (κ3) is 3.03. The van der Waals surface area contributed by atoms with Gasteiger partial charge in [-0.05, 0) is 57.9 Å². The molecule has 1 unspecified atom stereocenters. The molecule has 1 atom stereocenters. The van der Waals surface area contributed by atoms with Gasteiger partial charge in [-0.1, -0.05) is 6.92 Å². The highest BCUT2D eigenvalue weighted by Crippen LogP contribution is 2.27. The van der Waals surface area contributed by atoms with Crippen molar-refractivity contribution >= 4 is 5.91 Å². The van der Waals surface area contributed by atoms with Crippen LogP contribution in [0, 0.1) is 0 Å². The molecule has 0 aliphatic carbocycles. The van der Waals surface area contributed by atoms with Crippen molar-refractivity contribution in [1.29, 1.82) is 0 Å². The Bertz CT molecular complexity index is 481. The molecule has 2 fully saturated rings. The Balaban J connectivity index is 1.72. The minimum absolute atomic E-state index is 0.139. The lowest BCUT2D eigenvalue weighted by atomic mass is 9.87. The molecule has 2 aliphatic heterocycles. The van der Waals surface area contributed by atoms with Gasteiger partial charge in [0.1, 0.15) is 5.54 Å². The predicted octanol–water partition coefficient (Wildman–Crippen LogP) is 0.562. The average Bonchev–Trinajstić information content (AvgIpc) is 3.10. The summed E-state index contributed by atoms with van der Waals surface area (Å²) in [5, 5.41) is 11.0. The smallest absolute Gasteiger partial charge is 0.248 e. The molecule has 0 bridgehead atoms. The number of piperidine rings is 2. The van der Waals surface area contributed by atoms with E-state index >= 15 is 0 Å². The van der Waals surface area contributed by atoms with Gasteiger partial charge in [-0.25, -0.2) is 0 Å². The van der Waals surface area contributed by atoms with Crippen molar-refractivity contribution in [3.05, 3.63) is 18.5 Å². The fraction of sp³-hybridized carbons (Fsp3) is 0.750. The van der Waals surface area contributed by atoms with Crippen LogP contribution in [0.1, 0.15) is 32.6 Å². The number of nitrogens with one attached hydrogen (secondary N) is 2. The summed E-state index contributed by atoms with van der Waals surface area (Å²) in [6.07, 6.45) is 7.51. The molecular weight excluding hydrogens is 278 g/mol. The number of carbonyl (C=O) groups excluding carboxylic acids is 1. The Morgan fingerprint density at radius 3 is 2.95 bits per heavy atom. The summed E-state index contributed by atoms with van der Waals surface area (Å²) in [5.41, 5.74) is -0.525. The first kappa shape index (κ1) is 15.5. The minimum Gasteiger partial charge on any atom is -0.350 e. The van der Waals surface area contributed by atoms with Gasteiger partial charge in [0.05, 0.1) is 0 Å². The molecule has 0 aromatic carbocycles. The zero-order valence-corrected chi connectivity index (χ0v) is 13.4. The van der Waals surface area contributed by atoms with Crippen LogP contribution in [0.15, 0.2) is 18.5 Å². The van der Waals surface area contributed by atoms with E-state index in [1.54, 1.807) is 6.20 Å². The summed E-state index contributed by atoms with van der Waals surface area (Å²) in [4.78, 5) is 15.5. The second-order valence-electron chi connectivity index (χ2n) is 6.44. The normalized spacial score (nSPS) is 25.8. The van der Waals surface area contributed by atoms with E-state index in [9.17, 15) is 4.79 Å². The SMILES string of the molecule is CCN1CCCC(NC(=O)C2(n3cccn3)CCNCC2)C1. The van der Waals surface area contributed by atoms with E-state index in [0.29, 0.717) is 0 Å². The zero-order chi connectivity index (χ0) is 15.4. The maximum atomic E-state index is 13.1. The van der Waals surface area contributed by atoms with Crippen molar-refractivity contribution in [2.45, 2.75) is 44.2 Å². The first-order valence-electron chi connectivity index (χ1n) is 8.49. The number of rotatable bonds is 4. The summed E-state index contributed by atoms with van der Waals surface area (Å²) in [6.45, 7) is 7.08. The first-order chi connectivity index (χ1) is 10.7. The Labute approximate surface area is 132 Å². The fourth-order valence-corrected chi connectivity index (χ4v) is 3.70. The van der Waals surface area contributed by atoms with Crippen molar-refractivity contribution in [2.75, 3.05) is 32.7 Å². The van der Waals surface area contributed by atoms with Crippen molar-refractivity contribution < 1.29 is 4.79 Å². The molecule has 0 spiro atoms. The third-order valence-corrected chi connectivity index (χ3v) is 5.08. The monoisotopic (exact) mass is 305 g/mol. The van der Waals surface area contributed by atoms with Crippen LogP contribution in [0.3, 0.4) is 0 Å². The van der Waals surface area contributed by atoms with E-state index in [2.05, 4.69) is 27.6 Å². The number of likely N-dealkylation sites (tertiary alicyclic amines) is 1. The quantitative estimate of drug-likeness (QED) is 0.853. The molecule has 6 heteroatoms. The van der Waals surface area contributed by atoms with Crippen LogP contribution in [-0.2, 0) is 10.3 Å².